The van der Waals surface area contributed by atoms with Crippen molar-refractivity contribution in [1.29, 1.82) is 0 Å². The van der Waals surface area contributed by atoms with Crippen LogP contribution in [0.15, 0.2) is 0 Å². The Hall–Kier alpha value is 0.579. The standard InChI is InChI=1S/O2PSe/c1-3(2)4. The van der Waals surface area contributed by atoms with E-state index >= 15 is 0 Å². The Bertz CT molecular complexity index is 29.0. The van der Waals surface area contributed by atoms with Gasteiger partial charge in [0.05, 0.1) is 0 Å². The van der Waals surface area contributed by atoms with Gasteiger partial charge in [0, 0.05) is 0 Å². The van der Waals surface area contributed by atoms with Crippen LogP contribution in [0.2, 0.25) is 0 Å². The molecule has 0 aliphatic heterocycles. The zero-order valence-corrected chi connectivity index (χ0v) is 4.28. The molecule has 0 rings (SSSR count). The van der Waals surface area contributed by atoms with Crippen molar-refractivity contribution in [1.82, 2.24) is 0 Å². The molecule has 1 radical (unpaired) electrons. The van der Waals surface area contributed by atoms with Crippen molar-refractivity contribution in [2.24, 2.45) is 0 Å². The van der Waals surface area contributed by atoms with Gasteiger partial charge in [-0.2, -0.15) is 0 Å². The van der Waals surface area contributed by atoms with Crippen LogP contribution in [0.3, 0.4) is 0 Å². The van der Waals surface area contributed by atoms with Gasteiger partial charge in [-0.3, -0.25) is 0 Å². The van der Waals surface area contributed by atoms with Crippen molar-refractivity contribution >= 4 is 22.3 Å². The van der Waals surface area contributed by atoms with Crippen LogP contribution >= 0.6 is 6.72 Å². The molecule has 0 saturated carbocycles. The zero-order valence-electron chi connectivity index (χ0n) is 1.67. The van der Waals surface area contributed by atoms with E-state index in [2.05, 4.69) is 0 Å². The zero-order chi connectivity index (χ0) is 3.58. The second-order valence-electron chi connectivity index (χ2n) is 0.224. The van der Waals surface area contributed by atoms with Gasteiger partial charge in [-0.15, -0.1) is 0 Å². The molecule has 0 heterocycles. The van der Waals surface area contributed by atoms with Gasteiger partial charge in [-0.25, -0.2) is 0 Å². The Kier molecular flexibility index (Phi) is 2.13. The van der Waals surface area contributed by atoms with Gasteiger partial charge in [0.15, 0.2) is 0 Å². The molecular weight excluding hydrogens is 142 g/mol. The Morgan fingerprint density at radius 3 is 2.00 bits per heavy atom. The van der Waals surface area contributed by atoms with E-state index in [1.165, 1.54) is 0 Å². The molecule has 2 nitrogen and oxygen atoms in total. The van der Waals surface area contributed by atoms with Crippen molar-refractivity contribution in [3.8, 4) is 0 Å². The maximum atomic E-state index is 8.98. The maximum absolute atomic E-state index is 8.98. The Morgan fingerprint density at radius 2 is 2.00 bits per heavy atom. The van der Waals surface area contributed by atoms with Crippen LogP contribution in [0.5, 0.6) is 0 Å². The molecule has 0 aromatic carbocycles. The van der Waals surface area contributed by atoms with E-state index in [1.54, 1.807) is 0 Å². The molecule has 0 amide bonds. The molecule has 1 unspecified atom stereocenters. The number of hydrogen-bond acceptors (Lipinski definition) is 2. The summed E-state index contributed by atoms with van der Waals surface area (Å²) >= 11 is 1.86. The third-order valence-electron chi connectivity index (χ3n) is 0. The van der Waals surface area contributed by atoms with Crippen LogP contribution in [0.1, 0.15) is 0 Å². The fourth-order valence-corrected chi connectivity index (χ4v) is 0. The summed E-state index contributed by atoms with van der Waals surface area (Å²) in [5.41, 5.74) is 0. The van der Waals surface area contributed by atoms with Crippen LogP contribution in [0, 0.1) is 0 Å². The van der Waals surface area contributed by atoms with E-state index in [0.717, 1.165) is 0 Å². The molecule has 0 aliphatic carbocycles. The SMILES string of the molecule is O=[P+]([O-])[Se]. The van der Waals surface area contributed by atoms with Crippen molar-refractivity contribution < 1.29 is 9.46 Å². The summed E-state index contributed by atoms with van der Waals surface area (Å²) in [5, 5.41) is 0. The topological polar surface area (TPSA) is 40.1 Å². The summed E-state index contributed by atoms with van der Waals surface area (Å²) in [6, 6.07) is 0. The van der Waals surface area contributed by atoms with Gasteiger partial charge in [-0.1, -0.05) is 0 Å². The molecule has 0 aliphatic rings. The monoisotopic (exact) mass is 143 g/mol. The summed E-state index contributed by atoms with van der Waals surface area (Å²) in [7, 11) is 0. The van der Waals surface area contributed by atoms with Crippen molar-refractivity contribution in [2.75, 3.05) is 0 Å². The second-order valence-corrected chi connectivity index (χ2v) is 2.55. The molecule has 0 aromatic rings. The van der Waals surface area contributed by atoms with Gasteiger partial charge < -0.3 is 0 Å². The molecule has 4 heavy (non-hydrogen) atoms. The normalized spacial score (nSPS) is 11.0. The minimum absolute atomic E-state index is 1.86. The summed E-state index contributed by atoms with van der Waals surface area (Å²) < 4.78 is 8.98. The molecule has 1 atom stereocenters. The van der Waals surface area contributed by atoms with Crippen molar-refractivity contribution in [3.05, 3.63) is 0 Å². The first-order chi connectivity index (χ1) is 1.73. The predicted octanol–water partition coefficient (Wildman–Crippen LogP) is -0.827. The second kappa shape index (κ2) is 1.86. The first kappa shape index (κ1) is 4.58. The molecule has 0 N–H and O–H groups in total. The number of rotatable bonds is 0. The van der Waals surface area contributed by atoms with Crippen LogP contribution in [-0.2, 0) is 4.57 Å². The third kappa shape index (κ3) is 19.2. The molecule has 0 fully saturated rings. The summed E-state index contributed by atoms with van der Waals surface area (Å²) in [6.07, 6.45) is 0. The van der Waals surface area contributed by atoms with Crippen molar-refractivity contribution in [2.45, 2.75) is 0 Å². The van der Waals surface area contributed by atoms with Gasteiger partial charge >= 0.3 is 31.7 Å². The molecule has 4 heteroatoms. The van der Waals surface area contributed by atoms with Crippen LogP contribution in [0.25, 0.3) is 0 Å². The predicted molar refractivity (Wildman–Crippen MR) is 13.4 cm³/mol. The number of hydrogen-bond donors (Lipinski definition) is 0. The molecule has 0 saturated heterocycles. The van der Waals surface area contributed by atoms with E-state index in [1.807, 2.05) is 15.6 Å². The summed E-state index contributed by atoms with van der Waals surface area (Å²) in [4.78, 5) is 8.98. The molecular formula is O2PSe. The van der Waals surface area contributed by atoms with Crippen LogP contribution in [-0.4, -0.2) is 15.6 Å². The quantitative estimate of drug-likeness (QED) is 0.327. The summed E-state index contributed by atoms with van der Waals surface area (Å²) in [6.45, 7) is -2.25. The Morgan fingerprint density at radius 1 is 2.00 bits per heavy atom. The average molecular weight is 142 g/mol. The summed E-state index contributed by atoms with van der Waals surface area (Å²) in [5.74, 6) is 0. The van der Waals surface area contributed by atoms with Crippen molar-refractivity contribution in [3.63, 3.8) is 0 Å². The Labute approximate surface area is 32.5 Å². The van der Waals surface area contributed by atoms with Gasteiger partial charge in [0.1, 0.15) is 0 Å². The van der Waals surface area contributed by atoms with Gasteiger partial charge in [-0.05, 0) is 0 Å². The molecule has 0 bridgehead atoms. The van der Waals surface area contributed by atoms with E-state index in [9.17, 15) is 0 Å². The molecule has 23 valence electrons. The fraction of sp³-hybridized carbons (Fsp3) is 0. The molecule has 0 spiro atoms. The minimum atomic E-state index is -2.25. The van der Waals surface area contributed by atoms with Crippen LogP contribution < -0.4 is 4.89 Å². The van der Waals surface area contributed by atoms with Gasteiger partial charge in [0.2, 0.25) is 0 Å². The fourth-order valence-electron chi connectivity index (χ4n) is 0. The van der Waals surface area contributed by atoms with E-state index in [4.69, 9.17) is 9.46 Å². The van der Waals surface area contributed by atoms with Gasteiger partial charge in [0.25, 0.3) is 0 Å². The van der Waals surface area contributed by atoms with Crippen LogP contribution in [0.4, 0.5) is 0 Å². The Balaban J connectivity index is 2.80. The third-order valence-corrected chi connectivity index (χ3v) is 0. The van der Waals surface area contributed by atoms with E-state index in [-0.39, 0.29) is 0 Å². The first-order valence-electron chi connectivity index (χ1n) is 0.548. The van der Waals surface area contributed by atoms with E-state index in [0.29, 0.717) is 0 Å². The first-order valence-corrected chi connectivity index (χ1v) is 3.94. The molecule has 0 aromatic heterocycles. The average Bonchev–Trinajstić information content (AvgIpc) is 0.811. The van der Waals surface area contributed by atoms with E-state index < -0.39 is 6.72 Å².